The van der Waals surface area contributed by atoms with Gasteiger partial charge in [-0.05, 0) is 42.3 Å². The van der Waals surface area contributed by atoms with Crippen LogP contribution in [0.2, 0.25) is 0 Å². The van der Waals surface area contributed by atoms with Gasteiger partial charge in [0.05, 0.1) is 18.3 Å². The first-order chi connectivity index (χ1) is 15.1. The second-order valence-corrected chi connectivity index (χ2v) is 8.29. The number of carbonyl (C=O) groups excluding carboxylic acids is 2. The van der Waals surface area contributed by atoms with E-state index in [1.54, 1.807) is 34.1 Å². The second kappa shape index (κ2) is 10.2. The zero-order valence-electron chi connectivity index (χ0n) is 18.1. The van der Waals surface area contributed by atoms with Gasteiger partial charge in [0.25, 0.3) is 11.8 Å². The van der Waals surface area contributed by atoms with Crippen LogP contribution in [0.25, 0.3) is 0 Å². The van der Waals surface area contributed by atoms with E-state index in [-0.39, 0.29) is 35.9 Å². The third-order valence-electron chi connectivity index (χ3n) is 5.20. The fourth-order valence-electron chi connectivity index (χ4n) is 3.69. The highest BCUT2D eigenvalue weighted by Crippen LogP contribution is 2.29. The van der Waals surface area contributed by atoms with E-state index in [2.05, 4.69) is 0 Å². The Labute approximate surface area is 185 Å². The molecule has 32 heavy (non-hydrogen) atoms. The van der Waals surface area contributed by atoms with Crippen LogP contribution in [-0.4, -0.2) is 60.5 Å². The average molecular weight is 448 g/mol. The SMILES string of the molecule is CC(C)CN(CC1CN(C(=O)c2ccccc2)CCO1)C(=O)c1ccc(C(F)(F)F)cc1. The highest BCUT2D eigenvalue weighted by Gasteiger charge is 2.31. The van der Waals surface area contributed by atoms with Crippen LogP contribution in [0.5, 0.6) is 0 Å². The quantitative estimate of drug-likeness (QED) is 0.661. The Balaban J connectivity index is 1.70. The standard InChI is InChI=1S/C24H27F3N2O3/c1-17(2)14-29(23(31)19-8-10-20(11-9-19)24(25,26)27)16-21-15-28(12-13-32-21)22(30)18-6-4-3-5-7-18/h3-11,17,21H,12-16H2,1-2H3. The van der Waals surface area contributed by atoms with E-state index in [0.29, 0.717) is 31.8 Å². The smallest absolute Gasteiger partial charge is 0.373 e. The zero-order chi connectivity index (χ0) is 23.3. The van der Waals surface area contributed by atoms with Crippen LogP contribution >= 0.6 is 0 Å². The zero-order valence-corrected chi connectivity index (χ0v) is 18.1. The Kier molecular flexibility index (Phi) is 7.56. The molecule has 0 N–H and O–H groups in total. The summed E-state index contributed by atoms with van der Waals surface area (Å²) in [6.07, 6.45) is -4.84. The van der Waals surface area contributed by atoms with Gasteiger partial charge in [-0.2, -0.15) is 13.2 Å². The molecule has 0 aliphatic carbocycles. The average Bonchev–Trinajstić information content (AvgIpc) is 2.77. The molecule has 0 saturated carbocycles. The van der Waals surface area contributed by atoms with Crippen molar-refractivity contribution in [1.29, 1.82) is 0 Å². The third-order valence-corrected chi connectivity index (χ3v) is 5.20. The molecule has 1 unspecified atom stereocenters. The maximum absolute atomic E-state index is 13.1. The molecular weight excluding hydrogens is 421 g/mol. The summed E-state index contributed by atoms with van der Waals surface area (Å²) >= 11 is 0. The molecule has 0 radical (unpaired) electrons. The van der Waals surface area contributed by atoms with Crippen LogP contribution in [0.4, 0.5) is 13.2 Å². The van der Waals surface area contributed by atoms with Crippen molar-refractivity contribution in [1.82, 2.24) is 9.80 Å². The summed E-state index contributed by atoms with van der Waals surface area (Å²) < 4.78 is 44.3. The van der Waals surface area contributed by atoms with Gasteiger partial charge in [-0.3, -0.25) is 9.59 Å². The predicted molar refractivity (Wildman–Crippen MR) is 114 cm³/mol. The molecule has 2 aromatic carbocycles. The highest BCUT2D eigenvalue weighted by atomic mass is 19.4. The molecule has 1 heterocycles. The topological polar surface area (TPSA) is 49.9 Å². The van der Waals surface area contributed by atoms with E-state index in [9.17, 15) is 22.8 Å². The lowest BCUT2D eigenvalue weighted by atomic mass is 10.1. The highest BCUT2D eigenvalue weighted by molar-refractivity contribution is 5.95. The van der Waals surface area contributed by atoms with Gasteiger partial charge >= 0.3 is 6.18 Å². The number of alkyl halides is 3. The maximum Gasteiger partial charge on any atom is 0.416 e. The van der Waals surface area contributed by atoms with Crippen molar-refractivity contribution in [2.45, 2.75) is 26.1 Å². The lowest BCUT2D eigenvalue weighted by Crippen LogP contribution is -2.51. The van der Waals surface area contributed by atoms with Crippen molar-refractivity contribution >= 4 is 11.8 Å². The number of benzene rings is 2. The Morgan fingerprint density at radius 1 is 1.06 bits per heavy atom. The van der Waals surface area contributed by atoms with Gasteiger partial charge in [0.2, 0.25) is 0 Å². The lowest BCUT2D eigenvalue weighted by molar-refractivity contribution is -0.137. The van der Waals surface area contributed by atoms with Crippen molar-refractivity contribution in [3.8, 4) is 0 Å². The molecule has 172 valence electrons. The normalized spacial score (nSPS) is 16.8. The Bertz CT molecular complexity index is 914. The van der Waals surface area contributed by atoms with Gasteiger partial charge in [-0.15, -0.1) is 0 Å². The van der Waals surface area contributed by atoms with Crippen LogP contribution in [0.15, 0.2) is 54.6 Å². The van der Waals surface area contributed by atoms with E-state index in [1.165, 1.54) is 12.1 Å². The number of morpholine rings is 1. The molecule has 2 amide bonds. The molecule has 1 aliphatic heterocycles. The number of ether oxygens (including phenoxy) is 1. The van der Waals surface area contributed by atoms with E-state index in [4.69, 9.17) is 4.74 Å². The van der Waals surface area contributed by atoms with Crippen LogP contribution in [-0.2, 0) is 10.9 Å². The van der Waals surface area contributed by atoms with Crippen LogP contribution < -0.4 is 0 Å². The Morgan fingerprint density at radius 3 is 2.31 bits per heavy atom. The molecule has 2 aromatic rings. The number of amides is 2. The first-order valence-corrected chi connectivity index (χ1v) is 10.6. The number of carbonyl (C=O) groups is 2. The summed E-state index contributed by atoms with van der Waals surface area (Å²) in [4.78, 5) is 29.1. The fourth-order valence-corrected chi connectivity index (χ4v) is 3.69. The van der Waals surface area contributed by atoms with Crippen molar-refractivity contribution in [2.24, 2.45) is 5.92 Å². The minimum atomic E-state index is -4.45. The first kappa shape index (κ1) is 23.8. The van der Waals surface area contributed by atoms with E-state index >= 15 is 0 Å². The number of rotatable bonds is 6. The summed E-state index contributed by atoms with van der Waals surface area (Å²) in [5.74, 6) is -0.301. The number of hydrogen-bond acceptors (Lipinski definition) is 3. The molecule has 0 aromatic heterocycles. The van der Waals surface area contributed by atoms with Crippen molar-refractivity contribution in [3.63, 3.8) is 0 Å². The monoisotopic (exact) mass is 448 g/mol. The minimum Gasteiger partial charge on any atom is -0.373 e. The Morgan fingerprint density at radius 2 is 1.72 bits per heavy atom. The van der Waals surface area contributed by atoms with Crippen LogP contribution in [0.3, 0.4) is 0 Å². The lowest BCUT2D eigenvalue weighted by Gasteiger charge is -2.36. The molecule has 1 fully saturated rings. The van der Waals surface area contributed by atoms with E-state index in [1.807, 2.05) is 19.9 Å². The summed E-state index contributed by atoms with van der Waals surface area (Å²) in [5, 5.41) is 0. The van der Waals surface area contributed by atoms with Gasteiger partial charge in [0, 0.05) is 37.3 Å². The van der Waals surface area contributed by atoms with Crippen molar-refractivity contribution < 1.29 is 27.5 Å². The number of nitrogens with zero attached hydrogens (tertiary/aromatic N) is 2. The van der Waals surface area contributed by atoms with Gasteiger partial charge in [0.1, 0.15) is 0 Å². The number of hydrogen-bond donors (Lipinski definition) is 0. The summed E-state index contributed by atoms with van der Waals surface area (Å²) in [6, 6.07) is 13.2. The summed E-state index contributed by atoms with van der Waals surface area (Å²) in [7, 11) is 0. The minimum absolute atomic E-state index is 0.0941. The number of halogens is 3. The Hall–Kier alpha value is -2.87. The third kappa shape index (κ3) is 6.09. The van der Waals surface area contributed by atoms with Gasteiger partial charge < -0.3 is 14.5 Å². The molecule has 1 atom stereocenters. The fraction of sp³-hybridized carbons (Fsp3) is 0.417. The van der Waals surface area contributed by atoms with Crippen molar-refractivity contribution in [2.75, 3.05) is 32.8 Å². The maximum atomic E-state index is 13.1. The molecule has 0 spiro atoms. The van der Waals surface area contributed by atoms with E-state index < -0.39 is 11.7 Å². The van der Waals surface area contributed by atoms with Gasteiger partial charge in [0.15, 0.2) is 0 Å². The first-order valence-electron chi connectivity index (χ1n) is 10.6. The molecule has 1 aliphatic rings. The molecule has 1 saturated heterocycles. The molecule has 8 heteroatoms. The summed E-state index contributed by atoms with van der Waals surface area (Å²) in [6.45, 7) is 5.74. The second-order valence-electron chi connectivity index (χ2n) is 8.29. The molecule has 0 bridgehead atoms. The van der Waals surface area contributed by atoms with Gasteiger partial charge in [-0.25, -0.2) is 0 Å². The summed E-state index contributed by atoms with van der Waals surface area (Å²) in [5.41, 5.74) is -0.0187. The van der Waals surface area contributed by atoms with Crippen LogP contribution in [0, 0.1) is 5.92 Å². The molecule has 3 rings (SSSR count). The van der Waals surface area contributed by atoms with E-state index in [0.717, 1.165) is 12.1 Å². The predicted octanol–water partition coefficient (Wildman–Crippen LogP) is 4.34. The van der Waals surface area contributed by atoms with Gasteiger partial charge in [-0.1, -0.05) is 32.0 Å². The van der Waals surface area contributed by atoms with Crippen LogP contribution in [0.1, 0.15) is 40.1 Å². The largest absolute Gasteiger partial charge is 0.416 e. The molecular formula is C24H27F3N2O3. The van der Waals surface area contributed by atoms with Crippen molar-refractivity contribution in [3.05, 3.63) is 71.3 Å². The molecule has 5 nitrogen and oxygen atoms in total.